The van der Waals surface area contributed by atoms with Crippen LogP contribution < -0.4 is 0 Å². The average molecular weight is 333 g/mol. The van der Waals surface area contributed by atoms with Crippen LogP contribution in [-0.2, 0) is 22.4 Å². The molecule has 0 heterocycles. The molecule has 24 heavy (non-hydrogen) atoms. The molecule has 0 aliphatic heterocycles. The molecule has 0 N–H and O–H groups in total. The minimum atomic E-state index is -0.363. The number of carbonyl (C=O) groups excluding carboxylic acids is 2. The fourth-order valence-electron chi connectivity index (χ4n) is 2.75. The van der Waals surface area contributed by atoms with E-state index in [2.05, 4.69) is 19.9 Å². The molecule has 0 aliphatic carbocycles. The van der Waals surface area contributed by atoms with Crippen molar-refractivity contribution in [3.8, 4) is 0 Å². The highest BCUT2D eigenvalue weighted by Crippen LogP contribution is 2.17. The molecule has 1 rings (SSSR count). The number of amides is 1. The van der Waals surface area contributed by atoms with Crippen LogP contribution in [0.1, 0.15) is 68.9 Å². The Morgan fingerprint density at radius 1 is 1.00 bits per heavy atom. The molecule has 0 unspecified atom stereocenters. The van der Waals surface area contributed by atoms with Gasteiger partial charge in [-0.25, -0.2) is 0 Å². The van der Waals surface area contributed by atoms with Gasteiger partial charge in [0.1, 0.15) is 6.54 Å². The molecule has 0 aliphatic rings. The van der Waals surface area contributed by atoms with E-state index < -0.39 is 0 Å². The SMILES string of the molecule is CCCc1cc(CCC)cc(C(=O)N(CC(=O)OCC)C(C)C)c1. The van der Waals surface area contributed by atoms with Crippen molar-refractivity contribution in [2.75, 3.05) is 13.2 Å². The summed E-state index contributed by atoms with van der Waals surface area (Å²) in [6.45, 7) is 10.2. The Hall–Kier alpha value is -1.84. The Kier molecular flexibility index (Phi) is 8.51. The van der Waals surface area contributed by atoms with Gasteiger partial charge in [0, 0.05) is 11.6 Å². The molecule has 0 saturated carbocycles. The molecule has 4 heteroatoms. The Labute approximate surface area is 146 Å². The lowest BCUT2D eigenvalue weighted by atomic mass is 9.99. The van der Waals surface area contributed by atoms with Crippen LogP contribution in [0.5, 0.6) is 0 Å². The van der Waals surface area contributed by atoms with Gasteiger partial charge < -0.3 is 9.64 Å². The monoisotopic (exact) mass is 333 g/mol. The van der Waals surface area contributed by atoms with Gasteiger partial charge in [0.25, 0.3) is 5.91 Å². The second-order valence-corrected chi connectivity index (χ2v) is 6.37. The second-order valence-electron chi connectivity index (χ2n) is 6.37. The lowest BCUT2D eigenvalue weighted by Crippen LogP contribution is -2.41. The number of rotatable bonds is 9. The van der Waals surface area contributed by atoms with Gasteiger partial charge >= 0.3 is 5.97 Å². The zero-order valence-electron chi connectivity index (χ0n) is 15.7. The maximum absolute atomic E-state index is 13.0. The molecule has 0 spiro atoms. The topological polar surface area (TPSA) is 46.6 Å². The van der Waals surface area contributed by atoms with E-state index in [4.69, 9.17) is 4.74 Å². The fraction of sp³-hybridized carbons (Fsp3) is 0.600. The Bertz CT molecular complexity index is 528. The largest absolute Gasteiger partial charge is 0.465 e. The number of aryl methyl sites for hydroxylation is 2. The number of benzene rings is 1. The average Bonchev–Trinajstić information content (AvgIpc) is 2.52. The zero-order chi connectivity index (χ0) is 18.1. The van der Waals surface area contributed by atoms with Gasteiger partial charge in [0.15, 0.2) is 0 Å². The van der Waals surface area contributed by atoms with E-state index in [0.717, 1.165) is 25.7 Å². The highest BCUT2D eigenvalue weighted by Gasteiger charge is 2.22. The molecule has 1 amide bonds. The van der Waals surface area contributed by atoms with E-state index in [-0.39, 0.29) is 24.5 Å². The quantitative estimate of drug-likeness (QED) is 0.642. The highest BCUT2D eigenvalue weighted by molar-refractivity contribution is 5.96. The summed E-state index contributed by atoms with van der Waals surface area (Å²) in [7, 11) is 0. The maximum atomic E-state index is 13.0. The molecule has 4 nitrogen and oxygen atoms in total. The zero-order valence-corrected chi connectivity index (χ0v) is 15.7. The third-order valence-electron chi connectivity index (χ3n) is 3.87. The molecule has 0 bridgehead atoms. The van der Waals surface area contributed by atoms with Crippen LogP contribution in [0.15, 0.2) is 18.2 Å². The van der Waals surface area contributed by atoms with Crippen molar-refractivity contribution >= 4 is 11.9 Å². The third kappa shape index (κ3) is 5.99. The highest BCUT2D eigenvalue weighted by atomic mass is 16.5. The van der Waals surface area contributed by atoms with E-state index in [0.29, 0.717) is 12.2 Å². The first-order valence-corrected chi connectivity index (χ1v) is 9.02. The van der Waals surface area contributed by atoms with E-state index in [1.807, 2.05) is 26.0 Å². The van der Waals surface area contributed by atoms with Gasteiger partial charge in [-0.15, -0.1) is 0 Å². The van der Waals surface area contributed by atoms with Crippen molar-refractivity contribution in [3.05, 3.63) is 34.9 Å². The summed E-state index contributed by atoms with van der Waals surface area (Å²) < 4.78 is 5.00. The van der Waals surface area contributed by atoms with Crippen LogP contribution in [-0.4, -0.2) is 36.0 Å². The first-order valence-electron chi connectivity index (χ1n) is 9.02. The molecule has 0 fully saturated rings. The Balaban J connectivity index is 3.09. The summed E-state index contributed by atoms with van der Waals surface area (Å²) in [5.74, 6) is -0.466. The molecular formula is C20H31NO3. The minimum absolute atomic E-state index is 0.00848. The van der Waals surface area contributed by atoms with E-state index >= 15 is 0 Å². The van der Waals surface area contributed by atoms with Crippen LogP contribution in [0.4, 0.5) is 0 Å². The molecule has 134 valence electrons. The number of ether oxygens (including phenoxy) is 1. The third-order valence-corrected chi connectivity index (χ3v) is 3.87. The molecule has 0 atom stereocenters. The summed E-state index contributed by atoms with van der Waals surface area (Å²) in [5.41, 5.74) is 3.04. The van der Waals surface area contributed by atoms with Crippen LogP contribution in [0.3, 0.4) is 0 Å². The van der Waals surface area contributed by atoms with Gasteiger partial charge in [-0.3, -0.25) is 9.59 Å². The summed E-state index contributed by atoms with van der Waals surface area (Å²) in [6.07, 6.45) is 3.99. The van der Waals surface area contributed by atoms with Crippen molar-refractivity contribution in [3.63, 3.8) is 0 Å². The molecule has 1 aromatic rings. The van der Waals surface area contributed by atoms with Crippen LogP contribution >= 0.6 is 0 Å². The summed E-state index contributed by atoms with van der Waals surface area (Å²) in [5, 5.41) is 0. The summed E-state index contributed by atoms with van der Waals surface area (Å²) >= 11 is 0. The lowest BCUT2D eigenvalue weighted by molar-refractivity contribution is -0.144. The fourth-order valence-corrected chi connectivity index (χ4v) is 2.75. The molecule has 0 aromatic heterocycles. The van der Waals surface area contributed by atoms with E-state index in [1.54, 1.807) is 11.8 Å². The van der Waals surface area contributed by atoms with Gasteiger partial charge in [-0.05, 0) is 56.9 Å². The van der Waals surface area contributed by atoms with Crippen molar-refractivity contribution in [1.82, 2.24) is 4.90 Å². The Morgan fingerprint density at radius 3 is 1.96 bits per heavy atom. The number of carbonyl (C=O) groups is 2. The first-order chi connectivity index (χ1) is 11.4. The smallest absolute Gasteiger partial charge is 0.325 e. The van der Waals surface area contributed by atoms with Crippen molar-refractivity contribution in [2.45, 2.75) is 66.3 Å². The summed E-state index contributed by atoms with van der Waals surface area (Å²) in [4.78, 5) is 26.4. The summed E-state index contributed by atoms with van der Waals surface area (Å²) in [6, 6.07) is 6.05. The van der Waals surface area contributed by atoms with Crippen molar-refractivity contribution < 1.29 is 14.3 Å². The number of hydrogen-bond donors (Lipinski definition) is 0. The predicted molar refractivity (Wildman–Crippen MR) is 97.2 cm³/mol. The predicted octanol–water partition coefficient (Wildman–Crippen LogP) is 4.01. The molecule has 0 radical (unpaired) electrons. The van der Waals surface area contributed by atoms with Gasteiger partial charge in [-0.2, -0.15) is 0 Å². The normalized spacial score (nSPS) is 10.8. The van der Waals surface area contributed by atoms with Crippen LogP contribution in [0, 0.1) is 0 Å². The standard InChI is InChI=1S/C20H31NO3/c1-6-9-16-11-17(10-7-2)13-18(12-16)20(23)21(15(4)5)14-19(22)24-8-3/h11-13,15H,6-10,14H2,1-5H3. The van der Waals surface area contributed by atoms with Gasteiger partial charge in [-0.1, -0.05) is 32.8 Å². The van der Waals surface area contributed by atoms with Gasteiger partial charge in [0.05, 0.1) is 6.61 Å². The molecule has 1 aromatic carbocycles. The minimum Gasteiger partial charge on any atom is -0.465 e. The van der Waals surface area contributed by atoms with Crippen molar-refractivity contribution in [1.29, 1.82) is 0 Å². The van der Waals surface area contributed by atoms with Crippen LogP contribution in [0.25, 0.3) is 0 Å². The first kappa shape index (κ1) is 20.2. The molecular weight excluding hydrogens is 302 g/mol. The number of hydrogen-bond acceptors (Lipinski definition) is 3. The number of esters is 1. The van der Waals surface area contributed by atoms with Crippen molar-refractivity contribution in [2.24, 2.45) is 0 Å². The molecule has 0 saturated heterocycles. The van der Waals surface area contributed by atoms with Gasteiger partial charge in [0.2, 0.25) is 0 Å². The van der Waals surface area contributed by atoms with Crippen LogP contribution in [0.2, 0.25) is 0 Å². The van der Waals surface area contributed by atoms with E-state index in [1.165, 1.54) is 11.1 Å². The second kappa shape index (κ2) is 10.1. The lowest BCUT2D eigenvalue weighted by Gasteiger charge is -2.26. The maximum Gasteiger partial charge on any atom is 0.325 e. The Morgan fingerprint density at radius 2 is 1.54 bits per heavy atom. The van der Waals surface area contributed by atoms with E-state index in [9.17, 15) is 9.59 Å². The number of nitrogens with zero attached hydrogens (tertiary/aromatic N) is 1.